The Hall–Kier alpha value is -1.40. The number of rotatable bonds is 4. The molecule has 1 fully saturated rings. The largest absolute Gasteiger partial charge is 0.470 e. The summed E-state index contributed by atoms with van der Waals surface area (Å²) in [6, 6.07) is 0. The van der Waals surface area contributed by atoms with Crippen LogP contribution in [0.2, 0.25) is 5.02 Å². The van der Waals surface area contributed by atoms with Gasteiger partial charge in [-0.2, -0.15) is 0 Å². The summed E-state index contributed by atoms with van der Waals surface area (Å²) >= 11 is 7.34. The molecule has 3 rings (SSSR count). The lowest BCUT2D eigenvalue weighted by molar-refractivity contribution is 0.227. The van der Waals surface area contributed by atoms with Gasteiger partial charge in [0.25, 0.3) is 5.19 Å². The van der Waals surface area contributed by atoms with E-state index in [1.165, 1.54) is 11.3 Å². The van der Waals surface area contributed by atoms with Gasteiger partial charge in [-0.15, -0.1) is 0 Å². The van der Waals surface area contributed by atoms with Crippen molar-refractivity contribution in [1.82, 2.24) is 15.0 Å². The van der Waals surface area contributed by atoms with Gasteiger partial charge in [-0.05, 0) is 12.8 Å². The van der Waals surface area contributed by atoms with E-state index in [9.17, 15) is 0 Å². The van der Waals surface area contributed by atoms with Crippen molar-refractivity contribution in [2.24, 2.45) is 5.92 Å². The van der Waals surface area contributed by atoms with Crippen LogP contribution in [-0.2, 0) is 0 Å². The Balaban J connectivity index is 1.57. The van der Waals surface area contributed by atoms with Gasteiger partial charge in [-0.3, -0.25) is 0 Å². The predicted molar refractivity (Wildman–Crippen MR) is 79.6 cm³/mol. The molecule has 106 valence electrons. The zero-order valence-electron chi connectivity index (χ0n) is 10.9. The lowest BCUT2D eigenvalue weighted by Gasteiger charge is -2.32. The van der Waals surface area contributed by atoms with E-state index in [4.69, 9.17) is 16.3 Å². The Morgan fingerprint density at radius 3 is 2.95 bits per heavy atom. The minimum Gasteiger partial charge on any atom is -0.470 e. The fourth-order valence-electron chi connectivity index (χ4n) is 2.32. The van der Waals surface area contributed by atoms with Gasteiger partial charge in [0, 0.05) is 30.6 Å². The minimum absolute atomic E-state index is 0.479. The number of hydrogen-bond donors (Lipinski definition) is 0. The number of anilines is 1. The van der Waals surface area contributed by atoms with Crippen LogP contribution in [0.15, 0.2) is 24.0 Å². The van der Waals surface area contributed by atoms with E-state index in [2.05, 4.69) is 19.9 Å². The lowest BCUT2D eigenvalue weighted by Crippen LogP contribution is -2.38. The highest BCUT2D eigenvalue weighted by molar-refractivity contribution is 7.11. The molecule has 1 aliphatic heterocycles. The summed E-state index contributed by atoms with van der Waals surface area (Å²) in [5.41, 5.74) is 0. The quantitative estimate of drug-likeness (QED) is 0.869. The van der Waals surface area contributed by atoms with Crippen molar-refractivity contribution < 1.29 is 4.74 Å². The van der Waals surface area contributed by atoms with Crippen molar-refractivity contribution in [2.75, 3.05) is 24.6 Å². The van der Waals surface area contributed by atoms with E-state index in [0.717, 1.165) is 37.1 Å². The van der Waals surface area contributed by atoms with Gasteiger partial charge >= 0.3 is 0 Å². The summed E-state index contributed by atoms with van der Waals surface area (Å²) < 4.78 is 5.71. The first kappa shape index (κ1) is 13.6. The number of thiazole rings is 1. The molecule has 0 saturated carbocycles. The number of piperidine rings is 1. The first-order chi connectivity index (χ1) is 9.81. The molecular weight excluding hydrogens is 296 g/mol. The fraction of sp³-hybridized carbons (Fsp3) is 0.462. The van der Waals surface area contributed by atoms with Crippen LogP contribution in [0.5, 0.6) is 5.19 Å². The van der Waals surface area contributed by atoms with E-state index >= 15 is 0 Å². The summed E-state index contributed by atoms with van der Waals surface area (Å²) in [6.45, 7) is 2.58. The van der Waals surface area contributed by atoms with Crippen LogP contribution < -0.4 is 9.64 Å². The first-order valence-electron chi connectivity index (χ1n) is 6.56. The smallest absolute Gasteiger partial charge is 0.273 e. The third-order valence-corrected chi connectivity index (χ3v) is 4.14. The molecule has 0 bridgehead atoms. The summed E-state index contributed by atoms with van der Waals surface area (Å²) in [4.78, 5) is 14.9. The van der Waals surface area contributed by atoms with Crippen LogP contribution in [0.1, 0.15) is 12.8 Å². The first-order valence-corrected chi connectivity index (χ1v) is 7.82. The highest BCUT2D eigenvalue weighted by Gasteiger charge is 2.22. The Morgan fingerprint density at radius 2 is 2.20 bits per heavy atom. The van der Waals surface area contributed by atoms with Gasteiger partial charge in [-0.25, -0.2) is 15.0 Å². The average molecular weight is 311 g/mol. The van der Waals surface area contributed by atoms with Gasteiger partial charge in [0.2, 0.25) is 5.95 Å². The third kappa shape index (κ3) is 3.37. The van der Waals surface area contributed by atoms with Gasteiger partial charge in [-0.1, -0.05) is 22.9 Å². The van der Waals surface area contributed by atoms with Crippen LogP contribution in [0.25, 0.3) is 0 Å². The Morgan fingerprint density at radius 1 is 1.35 bits per heavy atom. The lowest BCUT2D eigenvalue weighted by atomic mass is 9.99. The molecule has 2 aromatic heterocycles. The van der Waals surface area contributed by atoms with Crippen molar-refractivity contribution >= 4 is 28.9 Å². The molecule has 0 amide bonds. The summed E-state index contributed by atoms with van der Waals surface area (Å²) in [7, 11) is 0. The van der Waals surface area contributed by atoms with E-state index < -0.39 is 0 Å². The molecule has 1 atom stereocenters. The second-order valence-corrected chi connectivity index (χ2v) is 6.06. The number of aromatic nitrogens is 3. The fourth-order valence-corrected chi connectivity index (χ4v) is 2.92. The molecule has 7 heteroatoms. The molecule has 0 aliphatic carbocycles. The van der Waals surface area contributed by atoms with Crippen LogP contribution >= 0.6 is 22.9 Å². The standard InChI is InChI=1S/C13H15ClN4OS/c14-11-6-16-12(17-7-11)18-4-1-2-10(8-18)9-19-13-15-3-5-20-13/h3,5-7,10H,1-2,4,8-9H2. The molecule has 0 N–H and O–H groups in total. The SMILES string of the molecule is Clc1cnc(N2CCCC(COc3nccs3)C2)nc1. The Kier molecular flexibility index (Phi) is 4.32. The number of hydrogen-bond acceptors (Lipinski definition) is 6. The van der Waals surface area contributed by atoms with Crippen LogP contribution in [-0.4, -0.2) is 34.6 Å². The number of ether oxygens (including phenoxy) is 1. The maximum Gasteiger partial charge on any atom is 0.273 e. The van der Waals surface area contributed by atoms with Crippen molar-refractivity contribution in [3.63, 3.8) is 0 Å². The highest BCUT2D eigenvalue weighted by atomic mass is 35.5. The third-order valence-electron chi connectivity index (χ3n) is 3.26. The van der Waals surface area contributed by atoms with Crippen molar-refractivity contribution in [3.05, 3.63) is 29.0 Å². The van der Waals surface area contributed by atoms with E-state index in [0.29, 0.717) is 17.5 Å². The molecule has 0 spiro atoms. The van der Waals surface area contributed by atoms with Crippen LogP contribution in [0.3, 0.4) is 0 Å². The van der Waals surface area contributed by atoms with Crippen molar-refractivity contribution in [1.29, 1.82) is 0 Å². The summed E-state index contributed by atoms with van der Waals surface area (Å²) in [5.74, 6) is 1.22. The van der Waals surface area contributed by atoms with Gasteiger partial charge in [0.15, 0.2) is 0 Å². The second kappa shape index (κ2) is 6.37. The summed E-state index contributed by atoms with van der Waals surface area (Å²) in [5, 5.41) is 3.23. The van der Waals surface area contributed by atoms with E-state index in [1.807, 2.05) is 5.38 Å². The van der Waals surface area contributed by atoms with E-state index in [1.54, 1.807) is 18.6 Å². The van der Waals surface area contributed by atoms with Crippen molar-refractivity contribution in [3.8, 4) is 5.19 Å². The van der Waals surface area contributed by atoms with Crippen LogP contribution in [0, 0.1) is 5.92 Å². The molecule has 20 heavy (non-hydrogen) atoms. The molecule has 0 radical (unpaired) electrons. The maximum absolute atomic E-state index is 5.82. The highest BCUT2D eigenvalue weighted by Crippen LogP contribution is 2.22. The summed E-state index contributed by atoms with van der Waals surface area (Å²) in [6.07, 6.45) is 7.32. The number of halogens is 1. The second-order valence-electron chi connectivity index (χ2n) is 4.76. The molecule has 1 saturated heterocycles. The molecule has 1 unspecified atom stereocenters. The van der Waals surface area contributed by atoms with E-state index in [-0.39, 0.29) is 0 Å². The minimum atomic E-state index is 0.479. The number of nitrogens with zero attached hydrogens (tertiary/aromatic N) is 4. The van der Waals surface area contributed by atoms with Gasteiger partial charge in [0.05, 0.1) is 24.0 Å². The molecule has 1 aliphatic rings. The zero-order valence-corrected chi connectivity index (χ0v) is 12.5. The Labute approximate surface area is 126 Å². The normalized spacial score (nSPS) is 19.1. The topological polar surface area (TPSA) is 51.1 Å². The van der Waals surface area contributed by atoms with Gasteiger partial charge in [0.1, 0.15) is 0 Å². The molecule has 3 heterocycles. The van der Waals surface area contributed by atoms with Crippen LogP contribution in [0.4, 0.5) is 5.95 Å². The maximum atomic E-state index is 5.82. The van der Waals surface area contributed by atoms with Crippen molar-refractivity contribution in [2.45, 2.75) is 12.8 Å². The molecule has 2 aromatic rings. The molecule has 5 nitrogen and oxygen atoms in total. The molecular formula is C13H15ClN4OS. The van der Waals surface area contributed by atoms with Gasteiger partial charge < -0.3 is 9.64 Å². The average Bonchev–Trinajstić information content (AvgIpc) is 3.00. The monoisotopic (exact) mass is 310 g/mol. The molecule has 0 aromatic carbocycles. The predicted octanol–water partition coefficient (Wildman–Crippen LogP) is 2.88. The Bertz CT molecular complexity index is 534. The zero-order chi connectivity index (χ0) is 13.8.